The van der Waals surface area contributed by atoms with Gasteiger partial charge in [-0.25, -0.2) is 4.98 Å². The van der Waals surface area contributed by atoms with Gasteiger partial charge in [0.05, 0.1) is 5.69 Å². The molecule has 3 heteroatoms. The summed E-state index contributed by atoms with van der Waals surface area (Å²) in [6.45, 7) is 0. The van der Waals surface area contributed by atoms with Crippen LogP contribution in [0.25, 0.3) is 10.9 Å². The van der Waals surface area contributed by atoms with Crippen molar-refractivity contribution in [3.05, 3.63) is 36.0 Å². The van der Waals surface area contributed by atoms with E-state index in [-0.39, 0.29) is 5.75 Å². The van der Waals surface area contributed by atoms with Crippen molar-refractivity contribution in [2.75, 3.05) is 0 Å². The number of rotatable bonds is 1. The van der Waals surface area contributed by atoms with Crippen molar-refractivity contribution in [2.45, 2.75) is 5.33 Å². The van der Waals surface area contributed by atoms with E-state index in [1.165, 1.54) is 0 Å². The lowest BCUT2D eigenvalue weighted by Crippen LogP contribution is -1.85. The Morgan fingerprint density at radius 2 is 2.08 bits per heavy atom. The highest BCUT2D eigenvalue weighted by molar-refractivity contribution is 9.08. The number of pyridine rings is 1. The van der Waals surface area contributed by atoms with Gasteiger partial charge in [0, 0.05) is 10.7 Å². The lowest BCUT2D eigenvalue weighted by atomic mass is 10.2. The Bertz CT molecular complexity index is 442. The SMILES string of the molecule is Oc1cccc2ccc(CBr)nc12. The molecule has 0 bridgehead atoms. The van der Waals surface area contributed by atoms with E-state index in [9.17, 15) is 5.11 Å². The molecular weight excluding hydrogens is 230 g/mol. The number of hydrogen-bond donors (Lipinski definition) is 1. The molecule has 0 fully saturated rings. The Balaban J connectivity index is 2.74. The molecule has 2 rings (SSSR count). The lowest BCUT2D eigenvalue weighted by molar-refractivity contribution is 0.480. The number of phenolic OH excluding ortho intramolecular Hbond substituents is 1. The first-order valence-electron chi connectivity index (χ1n) is 3.95. The first kappa shape index (κ1) is 8.51. The average Bonchev–Trinajstić information content (AvgIpc) is 2.18. The number of aromatic hydroxyl groups is 1. The Hall–Kier alpha value is -1.09. The number of alkyl halides is 1. The number of nitrogens with zero attached hydrogens (tertiary/aromatic N) is 1. The molecule has 0 spiro atoms. The second-order valence-electron chi connectivity index (χ2n) is 2.79. The molecule has 1 aromatic heterocycles. The molecule has 1 aromatic carbocycles. The lowest BCUT2D eigenvalue weighted by Gasteiger charge is -2.01. The maximum absolute atomic E-state index is 9.51. The van der Waals surface area contributed by atoms with E-state index in [0.717, 1.165) is 11.1 Å². The van der Waals surface area contributed by atoms with Crippen LogP contribution in [0.1, 0.15) is 5.69 Å². The van der Waals surface area contributed by atoms with Gasteiger partial charge in [0.1, 0.15) is 11.3 Å². The zero-order valence-corrected chi connectivity index (χ0v) is 8.45. The van der Waals surface area contributed by atoms with Crippen LogP contribution in [0.15, 0.2) is 30.3 Å². The molecule has 2 aromatic rings. The smallest absolute Gasteiger partial charge is 0.141 e. The van der Waals surface area contributed by atoms with E-state index in [4.69, 9.17) is 0 Å². The Kier molecular flexibility index (Phi) is 2.19. The van der Waals surface area contributed by atoms with Crippen LogP contribution in [-0.4, -0.2) is 10.1 Å². The van der Waals surface area contributed by atoms with Crippen LogP contribution in [0.3, 0.4) is 0 Å². The standard InChI is InChI=1S/C10H8BrNO/c11-6-8-5-4-7-2-1-3-9(13)10(7)12-8/h1-5,13H,6H2. The van der Waals surface area contributed by atoms with Gasteiger partial charge in [-0.05, 0) is 12.1 Å². The maximum Gasteiger partial charge on any atom is 0.141 e. The number of hydrogen-bond acceptors (Lipinski definition) is 2. The number of halogens is 1. The van der Waals surface area contributed by atoms with Gasteiger partial charge in [-0.15, -0.1) is 0 Å². The largest absolute Gasteiger partial charge is 0.506 e. The maximum atomic E-state index is 9.51. The number of fused-ring (bicyclic) bond motifs is 1. The summed E-state index contributed by atoms with van der Waals surface area (Å²) in [6, 6.07) is 9.29. The third-order valence-corrected chi connectivity index (χ3v) is 2.47. The molecule has 0 saturated carbocycles. The van der Waals surface area contributed by atoms with Crippen LogP contribution in [0, 0.1) is 0 Å². The molecule has 0 aliphatic carbocycles. The number of phenols is 1. The van der Waals surface area contributed by atoms with Gasteiger partial charge in [-0.3, -0.25) is 0 Å². The molecule has 0 saturated heterocycles. The Morgan fingerprint density at radius 1 is 1.23 bits per heavy atom. The van der Waals surface area contributed by atoms with Crippen molar-refractivity contribution < 1.29 is 5.11 Å². The highest BCUT2D eigenvalue weighted by atomic mass is 79.9. The fourth-order valence-corrected chi connectivity index (χ4v) is 1.56. The predicted octanol–water partition coefficient (Wildman–Crippen LogP) is 2.84. The average molecular weight is 238 g/mol. The predicted molar refractivity (Wildman–Crippen MR) is 56.0 cm³/mol. The zero-order chi connectivity index (χ0) is 9.26. The topological polar surface area (TPSA) is 33.1 Å². The second-order valence-corrected chi connectivity index (χ2v) is 3.35. The van der Waals surface area contributed by atoms with Crippen molar-refractivity contribution in [2.24, 2.45) is 0 Å². The molecule has 1 N–H and O–H groups in total. The van der Waals surface area contributed by atoms with Crippen molar-refractivity contribution in [3.8, 4) is 5.75 Å². The minimum atomic E-state index is 0.236. The highest BCUT2D eigenvalue weighted by Crippen LogP contribution is 2.22. The van der Waals surface area contributed by atoms with E-state index < -0.39 is 0 Å². The summed E-state index contributed by atoms with van der Waals surface area (Å²) < 4.78 is 0. The van der Waals surface area contributed by atoms with Gasteiger partial charge >= 0.3 is 0 Å². The normalized spacial score (nSPS) is 10.5. The Morgan fingerprint density at radius 3 is 2.85 bits per heavy atom. The van der Waals surface area contributed by atoms with Crippen molar-refractivity contribution in [1.82, 2.24) is 4.98 Å². The molecule has 13 heavy (non-hydrogen) atoms. The minimum absolute atomic E-state index is 0.236. The van der Waals surface area contributed by atoms with Gasteiger partial charge < -0.3 is 5.11 Å². The van der Waals surface area contributed by atoms with E-state index in [1.807, 2.05) is 24.3 Å². The van der Waals surface area contributed by atoms with Crippen molar-refractivity contribution in [3.63, 3.8) is 0 Å². The monoisotopic (exact) mass is 237 g/mol. The molecule has 0 amide bonds. The van der Waals surface area contributed by atoms with E-state index in [2.05, 4.69) is 20.9 Å². The summed E-state index contributed by atoms with van der Waals surface area (Å²) in [4.78, 5) is 4.30. The first-order valence-corrected chi connectivity index (χ1v) is 5.07. The van der Waals surface area contributed by atoms with Gasteiger partial charge in [-0.1, -0.05) is 34.1 Å². The van der Waals surface area contributed by atoms with Crippen molar-refractivity contribution >= 4 is 26.8 Å². The van der Waals surface area contributed by atoms with Gasteiger partial charge in [0.15, 0.2) is 0 Å². The molecule has 0 atom stereocenters. The third kappa shape index (κ3) is 1.52. The molecule has 0 unspecified atom stereocenters. The van der Waals surface area contributed by atoms with Crippen LogP contribution in [0.5, 0.6) is 5.75 Å². The number of benzene rings is 1. The van der Waals surface area contributed by atoms with E-state index >= 15 is 0 Å². The minimum Gasteiger partial charge on any atom is -0.506 e. The quantitative estimate of drug-likeness (QED) is 0.775. The molecule has 1 heterocycles. The fourth-order valence-electron chi connectivity index (χ4n) is 1.25. The third-order valence-electron chi connectivity index (χ3n) is 1.89. The molecule has 66 valence electrons. The summed E-state index contributed by atoms with van der Waals surface area (Å²) in [7, 11) is 0. The summed E-state index contributed by atoms with van der Waals surface area (Å²) in [5, 5.41) is 11.2. The molecule has 0 aliphatic rings. The molecule has 2 nitrogen and oxygen atoms in total. The summed E-state index contributed by atoms with van der Waals surface area (Å²) >= 11 is 3.32. The first-order chi connectivity index (χ1) is 6.31. The fraction of sp³-hybridized carbons (Fsp3) is 0.100. The van der Waals surface area contributed by atoms with Crippen LogP contribution in [0.2, 0.25) is 0 Å². The summed E-state index contributed by atoms with van der Waals surface area (Å²) in [6.07, 6.45) is 0. The summed E-state index contributed by atoms with van der Waals surface area (Å²) in [5.74, 6) is 0.236. The van der Waals surface area contributed by atoms with Gasteiger partial charge in [-0.2, -0.15) is 0 Å². The van der Waals surface area contributed by atoms with Crippen molar-refractivity contribution in [1.29, 1.82) is 0 Å². The zero-order valence-electron chi connectivity index (χ0n) is 6.87. The number of aromatic nitrogens is 1. The van der Waals surface area contributed by atoms with E-state index in [1.54, 1.807) is 6.07 Å². The molecule has 0 aliphatic heterocycles. The van der Waals surface area contributed by atoms with Gasteiger partial charge in [0.2, 0.25) is 0 Å². The van der Waals surface area contributed by atoms with Gasteiger partial charge in [0.25, 0.3) is 0 Å². The van der Waals surface area contributed by atoms with E-state index in [0.29, 0.717) is 10.8 Å². The van der Waals surface area contributed by atoms with Crippen LogP contribution >= 0.6 is 15.9 Å². The van der Waals surface area contributed by atoms with Crippen LogP contribution < -0.4 is 0 Å². The Labute approximate surface area is 84.4 Å². The molecular formula is C10H8BrNO. The molecule has 0 radical (unpaired) electrons. The van der Waals surface area contributed by atoms with Crippen LogP contribution in [-0.2, 0) is 5.33 Å². The summed E-state index contributed by atoms with van der Waals surface area (Å²) in [5.41, 5.74) is 1.59. The number of para-hydroxylation sites is 1. The highest BCUT2D eigenvalue weighted by Gasteiger charge is 2.00. The van der Waals surface area contributed by atoms with Crippen LogP contribution in [0.4, 0.5) is 0 Å². The second kappa shape index (κ2) is 3.34.